The summed E-state index contributed by atoms with van der Waals surface area (Å²) < 4.78 is 0. The molecule has 0 aliphatic carbocycles. The molecule has 0 saturated carbocycles. The molecule has 0 aromatic carbocycles. The Morgan fingerprint density at radius 1 is 1.80 bits per heavy atom. The van der Waals surface area contributed by atoms with E-state index in [1.165, 1.54) is 6.20 Å². The van der Waals surface area contributed by atoms with E-state index in [-0.39, 0.29) is 0 Å². The first-order valence-electron chi connectivity index (χ1n) is 1.50. The summed E-state index contributed by atoms with van der Waals surface area (Å²) in [5.41, 5.74) is 0. The van der Waals surface area contributed by atoms with Crippen LogP contribution in [0.2, 0.25) is 0 Å². The molecule has 0 radical (unpaired) electrons. The third-order valence-electron chi connectivity index (χ3n) is 0.254. The Hall–Kier alpha value is -0.590. The molecule has 0 N–H and O–H groups in total. The van der Waals surface area contributed by atoms with Crippen LogP contribution in [0, 0.1) is 0 Å². The van der Waals surface area contributed by atoms with Crippen LogP contribution in [-0.2, 0) is 0 Å². The van der Waals surface area contributed by atoms with Gasteiger partial charge in [0.05, 0.1) is 0 Å². The topological polar surface area (TPSA) is 12.4 Å². The number of hydrogen-bond acceptors (Lipinski definition) is 1. The highest BCUT2D eigenvalue weighted by Crippen LogP contribution is 1.57. The fourth-order valence-electron chi connectivity index (χ4n) is 0.105. The Kier molecular flexibility index (Phi) is 3.01. The normalized spacial score (nSPS) is 9.00. The second kappa shape index (κ2) is 3.41. The minimum absolute atomic E-state index is 1.50. The van der Waals surface area contributed by atoms with Gasteiger partial charge in [-0.1, -0.05) is 6.58 Å². The van der Waals surface area contributed by atoms with E-state index in [0.29, 0.717) is 0 Å². The molecule has 0 saturated heterocycles. The first-order chi connectivity index (χ1) is 2.41. The van der Waals surface area contributed by atoms with Crippen LogP contribution in [0.15, 0.2) is 17.8 Å². The zero-order chi connectivity index (χ0) is 4.12. The van der Waals surface area contributed by atoms with Crippen molar-refractivity contribution in [2.75, 3.05) is 0 Å². The average molecular weight is 69.1 g/mol. The van der Waals surface area contributed by atoms with Crippen molar-refractivity contribution in [1.82, 2.24) is 0 Å². The zero-order valence-corrected chi connectivity index (χ0v) is 3.31. The van der Waals surface area contributed by atoms with E-state index in [0.717, 1.165) is 0 Å². The highest BCUT2D eigenvalue weighted by molar-refractivity contribution is 5.53. The van der Waals surface area contributed by atoms with Crippen LogP contribution in [-0.4, -0.2) is 6.21 Å². The molecule has 0 heterocycles. The van der Waals surface area contributed by atoms with Crippen molar-refractivity contribution in [3.05, 3.63) is 12.8 Å². The Bertz CT molecular complexity index is 45.6. The lowest BCUT2D eigenvalue weighted by atomic mass is 10.9. The molecule has 5 heavy (non-hydrogen) atoms. The van der Waals surface area contributed by atoms with Gasteiger partial charge in [-0.25, -0.2) is 0 Å². The number of hydrogen-bond donors (Lipinski definition) is 0. The maximum absolute atomic E-state index is 3.61. The number of nitrogens with zero attached hydrogens (tertiary/aromatic N) is 1. The van der Waals surface area contributed by atoms with Crippen molar-refractivity contribution < 1.29 is 0 Å². The van der Waals surface area contributed by atoms with Gasteiger partial charge in [0.1, 0.15) is 0 Å². The van der Waals surface area contributed by atoms with Gasteiger partial charge < -0.3 is 0 Å². The monoisotopic (exact) mass is 69.1 g/mol. The molecule has 1 nitrogen and oxygen atoms in total. The van der Waals surface area contributed by atoms with Crippen molar-refractivity contribution in [3.63, 3.8) is 0 Å². The lowest BCUT2D eigenvalue weighted by Gasteiger charge is -1.58. The van der Waals surface area contributed by atoms with Crippen LogP contribution in [0.4, 0.5) is 0 Å². The van der Waals surface area contributed by atoms with E-state index in [2.05, 4.69) is 11.6 Å². The van der Waals surface area contributed by atoms with Gasteiger partial charge in [0.25, 0.3) is 0 Å². The highest BCUT2D eigenvalue weighted by Gasteiger charge is 1.40. The molecule has 0 fully saturated rings. The van der Waals surface area contributed by atoms with Crippen molar-refractivity contribution in [2.24, 2.45) is 4.99 Å². The molecule has 0 aliphatic heterocycles. The van der Waals surface area contributed by atoms with Gasteiger partial charge in [-0.2, -0.15) is 0 Å². The first-order valence-corrected chi connectivity index (χ1v) is 1.50. The second-order valence-electron chi connectivity index (χ2n) is 0.590. The fraction of sp³-hybridized carbons (Fsp3) is 0.250. The molecule has 0 rings (SSSR count). The minimum Gasteiger partial charge on any atom is -0.270 e. The molecule has 0 atom stereocenters. The van der Waals surface area contributed by atoms with Gasteiger partial charge in [-0.05, 0) is 6.92 Å². The molecular formula is C4H7N. The smallest absolute Gasteiger partial charge is 0.0191 e. The van der Waals surface area contributed by atoms with Crippen molar-refractivity contribution in [3.8, 4) is 0 Å². The zero-order valence-electron chi connectivity index (χ0n) is 3.31. The maximum Gasteiger partial charge on any atom is 0.0191 e. The molecule has 0 spiro atoms. The summed E-state index contributed by atoms with van der Waals surface area (Å²) in [4.78, 5) is 3.61. The van der Waals surface area contributed by atoms with Crippen molar-refractivity contribution in [1.29, 1.82) is 0 Å². The molecule has 28 valence electrons. The molecule has 0 amide bonds. The van der Waals surface area contributed by atoms with Crippen LogP contribution in [0.3, 0.4) is 0 Å². The van der Waals surface area contributed by atoms with Crippen LogP contribution >= 0.6 is 0 Å². The average Bonchev–Trinajstić information content (AvgIpc) is 1.41. The predicted molar refractivity (Wildman–Crippen MR) is 24.4 cm³/mol. The predicted octanol–water partition coefficient (Wildman–Crippen LogP) is 1.22. The summed E-state index contributed by atoms with van der Waals surface area (Å²) in [5.74, 6) is 0. The van der Waals surface area contributed by atoms with E-state index in [1.807, 2.05) is 6.92 Å². The third kappa shape index (κ3) is 3.41. The largest absolute Gasteiger partial charge is 0.270 e. The van der Waals surface area contributed by atoms with Gasteiger partial charge in [0.15, 0.2) is 0 Å². The molecule has 0 aliphatic rings. The summed E-state index contributed by atoms with van der Waals surface area (Å²) in [6, 6.07) is 0. The van der Waals surface area contributed by atoms with Gasteiger partial charge in [0.2, 0.25) is 0 Å². The lowest BCUT2D eigenvalue weighted by molar-refractivity contribution is 1.60. The van der Waals surface area contributed by atoms with Crippen molar-refractivity contribution in [2.45, 2.75) is 6.92 Å². The minimum atomic E-state index is 1.50. The maximum atomic E-state index is 3.61. The Balaban J connectivity index is 2.92. The van der Waals surface area contributed by atoms with E-state index < -0.39 is 0 Å². The lowest BCUT2D eigenvalue weighted by Crippen LogP contribution is -1.46. The Labute approximate surface area is 32.0 Å². The van der Waals surface area contributed by atoms with E-state index >= 15 is 0 Å². The summed E-state index contributed by atoms with van der Waals surface area (Å²) in [6.45, 7) is 5.20. The summed E-state index contributed by atoms with van der Waals surface area (Å²) in [5, 5.41) is 0. The molecule has 0 aromatic rings. The molecule has 0 unspecified atom stereocenters. The second-order valence-corrected chi connectivity index (χ2v) is 0.590. The molecule has 0 bridgehead atoms. The van der Waals surface area contributed by atoms with Gasteiger partial charge in [-0.15, -0.1) is 0 Å². The summed E-state index contributed by atoms with van der Waals surface area (Å²) in [7, 11) is 0. The van der Waals surface area contributed by atoms with Crippen molar-refractivity contribution >= 4 is 6.21 Å². The fourth-order valence-corrected chi connectivity index (χ4v) is 0.105. The van der Waals surface area contributed by atoms with E-state index in [1.54, 1.807) is 6.21 Å². The van der Waals surface area contributed by atoms with E-state index in [4.69, 9.17) is 0 Å². The Morgan fingerprint density at radius 3 is 2.40 bits per heavy atom. The Morgan fingerprint density at radius 2 is 2.40 bits per heavy atom. The van der Waals surface area contributed by atoms with Crippen LogP contribution in [0.5, 0.6) is 0 Å². The summed E-state index contributed by atoms with van der Waals surface area (Å²) in [6.07, 6.45) is 3.19. The van der Waals surface area contributed by atoms with Gasteiger partial charge >= 0.3 is 0 Å². The van der Waals surface area contributed by atoms with Gasteiger partial charge in [0, 0.05) is 12.4 Å². The molecular weight excluding hydrogens is 62.1 g/mol. The molecule has 1 heteroatoms. The highest BCUT2D eigenvalue weighted by atomic mass is 14.6. The summed E-state index contributed by atoms with van der Waals surface area (Å²) >= 11 is 0. The SMILES string of the molecule is C=CN=CC. The first kappa shape index (κ1) is 4.41. The quantitative estimate of drug-likeness (QED) is 0.410. The number of aliphatic imine (C=N–C) groups is 1. The van der Waals surface area contributed by atoms with Crippen LogP contribution in [0.25, 0.3) is 0 Å². The number of rotatable bonds is 1. The van der Waals surface area contributed by atoms with E-state index in [9.17, 15) is 0 Å². The molecule has 0 aromatic heterocycles. The van der Waals surface area contributed by atoms with Crippen LogP contribution < -0.4 is 0 Å². The standard InChI is InChI=1S/C4H7N/c1-3-5-4-2/h3-4H,1H2,2H3. The van der Waals surface area contributed by atoms with Crippen LogP contribution in [0.1, 0.15) is 6.92 Å². The third-order valence-corrected chi connectivity index (χ3v) is 0.254. The van der Waals surface area contributed by atoms with Gasteiger partial charge in [-0.3, -0.25) is 4.99 Å².